The first-order valence-electron chi connectivity index (χ1n) is 15.4. The molecule has 11 atom stereocenters. The predicted octanol–water partition coefficient (Wildman–Crippen LogP) is 8.14. The number of ether oxygens (including phenoxy) is 2. The molecule has 0 amide bonds. The predicted molar refractivity (Wildman–Crippen MR) is 149 cm³/mol. The normalized spacial score (nSPS) is 54.0. The number of carbonyl (C=O) groups excluding carboxylic acids is 1. The van der Waals surface area contributed by atoms with Crippen LogP contribution in [-0.4, -0.2) is 25.3 Å². The lowest BCUT2D eigenvalue weighted by Crippen LogP contribution is -2.67. The highest BCUT2D eigenvalue weighted by Gasteiger charge is 2.72. The van der Waals surface area contributed by atoms with Crippen molar-refractivity contribution in [1.29, 1.82) is 0 Å². The molecule has 0 spiro atoms. The van der Waals surface area contributed by atoms with Crippen LogP contribution in [0.5, 0.6) is 0 Å². The van der Waals surface area contributed by atoms with Gasteiger partial charge in [-0.15, -0.1) is 0 Å². The van der Waals surface area contributed by atoms with E-state index in [4.69, 9.17) is 9.47 Å². The van der Waals surface area contributed by atoms with E-state index in [0.717, 1.165) is 11.8 Å². The summed E-state index contributed by atoms with van der Waals surface area (Å²) in [5.74, 6) is 3.19. The van der Waals surface area contributed by atoms with Crippen LogP contribution >= 0.6 is 0 Å². The second-order valence-corrected chi connectivity index (χ2v) is 15.7. The minimum Gasteiger partial charge on any atom is -0.454 e. The van der Waals surface area contributed by atoms with Gasteiger partial charge in [-0.05, 0) is 128 Å². The average molecular weight is 509 g/mol. The molecule has 5 fully saturated rings. The third kappa shape index (κ3) is 3.19. The zero-order valence-corrected chi connectivity index (χ0v) is 24.7. The highest BCUT2D eigenvalue weighted by Crippen LogP contribution is 2.78. The number of cyclic esters (lactones) is 1. The zero-order chi connectivity index (χ0) is 26.6. The molecule has 1 aliphatic heterocycles. The van der Waals surface area contributed by atoms with Crippen molar-refractivity contribution >= 4 is 5.97 Å². The number of rotatable bonds is 3. The Hall–Kier alpha value is -1.09. The molecule has 0 aromatic heterocycles. The van der Waals surface area contributed by atoms with Crippen molar-refractivity contribution in [3.8, 4) is 0 Å². The molecule has 37 heavy (non-hydrogen) atoms. The van der Waals surface area contributed by atoms with E-state index < -0.39 is 0 Å². The molecule has 0 bridgehead atoms. The second kappa shape index (κ2) is 8.21. The Morgan fingerprint density at radius 3 is 2.32 bits per heavy atom. The van der Waals surface area contributed by atoms with E-state index in [-0.39, 0.29) is 22.9 Å². The third-order valence-electron chi connectivity index (χ3n) is 14.6. The first kappa shape index (κ1) is 26.1. The van der Waals surface area contributed by atoms with Crippen molar-refractivity contribution in [3.05, 3.63) is 24.3 Å². The topological polar surface area (TPSA) is 35.5 Å². The van der Waals surface area contributed by atoms with Crippen LogP contribution in [0.25, 0.3) is 0 Å². The molecule has 0 aromatic carbocycles. The number of esters is 1. The minimum absolute atomic E-state index is 0.0391. The lowest BCUT2D eigenvalue weighted by atomic mass is 9.32. The molecule has 3 heteroatoms. The number of hydrogen-bond acceptors (Lipinski definition) is 3. The van der Waals surface area contributed by atoms with Crippen LogP contribution in [0, 0.1) is 56.7 Å². The maximum absolute atomic E-state index is 12.2. The Morgan fingerprint density at radius 1 is 0.919 bits per heavy atom. The van der Waals surface area contributed by atoms with Crippen LogP contribution in [0.3, 0.4) is 0 Å². The molecule has 5 saturated carbocycles. The summed E-state index contributed by atoms with van der Waals surface area (Å²) in [4.78, 5) is 12.2. The Bertz CT molecular complexity index is 1010. The maximum atomic E-state index is 12.2. The van der Waals surface area contributed by atoms with Crippen molar-refractivity contribution < 1.29 is 14.3 Å². The number of hydrogen-bond donors (Lipinski definition) is 0. The van der Waals surface area contributed by atoms with Crippen molar-refractivity contribution in [2.75, 3.05) is 7.11 Å². The first-order chi connectivity index (χ1) is 17.3. The average Bonchev–Trinajstić information content (AvgIpc) is 3.44. The monoisotopic (exact) mass is 508 g/mol. The standard InChI is InChI=1S/C34H52O3/c1-21(2)22-13-18-34(27-11-12-28(35)37-27)20-19-32(6)23(29(22)34)9-10-25-31(5)16-15-26(36-8)30(3,4)24(31)14-17-33(25,32)7/h11-12,22-27,29H,1,9-10,13-20H2,2-8H3/t22-,23+,24-,25+,26-,27+,29+,31-,32+,33+,34+/m0/s1. The summed E-state index contributed by atoms with van der Waals surface area (Å²) in [5.41, 5.74) is 2.75. The summed E-state index contributed by atoms with van der Waals surface area (Å²) >= 11 is 0. The van der Waals surface area contributed by atoms with Crippen LogP contribution in [0.2, 0.25) is 0 Å². The van der Waals surface area contributed by atoms with Gasteiger partial charge in [-0.3, -0.25) is 0 Å². The van der Waals surface area contributed by atoms with Crippen LogP contribution < -0.4 is 0 Å². The van der Waals surface area contributed by atoms with Gasteiger partial charge in [0.1, 0.15) is 6.10 Å². The lowest BCUT2D eigenvalue weighted by molar-refractivity contribution is -0.253. The van der Waals surface area contributed by atoms with Gasteiger partial charge in [-0.2, -0.15) is 0 Å². The molecule has 0 radical (unpaired) electrons. The van der Waals surface area contributed by atoms with Gasteiger partial charge in [-0.1, -0.05) is 46.8 Å². The SMILES string of the molecule is C=C(C)[C@@H]1CC[C@]2([C@H]3C=CC(=O)O3)CC[C@]3(C)[C@H](CC[C@@H]4[C@@]5(C)CC[C@H](OC)C(C)(C)[C@@H]5CC[C@]43C)[C@@H]12. The molecule has 206 valence electrons. The summed E-state index contributed by atoms with van der Waals surface area (Å²) in [6.45, 7) is 19.9. The summed E-state index contributed by atoms with van der Waals surface area (Å²) in [6.07, 6.45) is 16.9. The van der Waals surface area contributed by atoms with Crippen molar-refractivity contribution in [2.24, 2.45) is 56.7 Å². The molecule has 6 rings (SSSR count). The zero-order valence-electron chi connectivity index (χ0n) is 24.7. The Morgan fingerprint density at radius 2 is 1.68 bits per heavy atom. The number of allylic oxidation sites excluding steroid dienone is 1. The number of methoxy groups -OCH3 is 1. The van der Waals surface area contributed by atoms with Gasteiger partial charge in [-0.25, -0.2) is 4.79 Å². The Kier molecular flexibility index (Phi) is 5.80. The fourth-order valence-corrected chi connectivity index (χ4v) is 12.8. The second-order valence-electron chi connectivity index (χ2n) is 15.7. The number of fused-ring (bicyclic) bond motifs is 7. The first-order valence-corrected chi connectivity index (χ1v) is 15.4. The van der Waals surface area contributed by atoms with E-state index in [0.29, 0.717) is 40.1 Å². The van der Waals surface area contributed by atoms with Crippen LogP contribution in [0.4, 0.5) is 0 Å². The smallest absolute Gasteiger partial charge is 0.331 e. The lowest BCUT2D eigenvalue weighted by Gasteiger charge is -2.73. The van der Waals surface area contributed by atoms with Crippen LogP contribution in [-0.2, 0) is 14.3 Å². The Labute approximate surface area is 226 Å². The molecule has 3 nitrogen and oxygen atoms in total. The van der Waals surface area contributed by atoms with E-state index in [2.05, 4.69) is 54.2 Å². The molecule has 0 N–H and O–H groups in total. The summed E-state index contributed by atoms with van der Waals surface area (Å²) in [5, 5.41) is 0. The van der Waals surface area contributed by atoms with E-state index >= 15 is 0 Å². The quantitative estimate of drug-likeness (QED) is 0.285. The molecular weight excluding hydrogens is 456 g/mol. The third-order valence-corrected chi connectivity index (χ3v) is 14.6. The number of carbonyl (C=O) groups is 1. The summed E-state index contributed by atoms with van der Waals surface area (Å²) < 4.78 is 12.1. The summed E-state index contributed by atoms with van der Waals surface area (Å²) in [7, 11) is 1.93. The van der Waals surface area contributed by atoms with Gasteiger partial charge in [0.25, 0.3) is 0 Å². The fourth-order valence-electron chi connectivity index (χ4n) is 12.8. The van der Waals surface area contributed by atoms with Gasteiger partial charge in [0.2, 0.25) is 0 Å². The fraction of sp³-hybridized carbons (Fsp3) is 0.853. The maximum Gasteiger partial charge on any atom is 0.331 e. The van der Waals surface area contributed by atoms with Crippen molar-refractivity contribution in [3.63, 3.8) is 0 Å². The van der Waals surface area contributed by atoms with Crippen LogP contribution in [0.15, 0.2) is 24.3 Å². The van der Waals surface area contributed by atoms with Crippen molar-refractivity contribution in [1.82, 2.24) is 0 Å². The van der Waals surface area contributed by atoms with Crippen LogP contribution in [0.1, 0.15) is 106 Å². The van der Waals surface area contributed by atoms with E-state index in [9.17, 15) is 4.79 Å². The Balaban J connectivity index is 1.39. The van der Waals surface area contributed by atoms with E-state index in [1.165, 1.54) is 69.8 Å². The molecule has 1 heterocycles. The highest BCUT2D eigenvalue weighted by atomic mass is 16.5. The molecule has 0 saturated heterocycles. The molecule has 6 aliphatic rings. The van der Waals surface area contributed by atoms with Gasteiger partial charge in [0.15, 0.2) is 0 Å². The minimum atomic E-state index is -0.138. The van der Waals surface area contributed by atoms with Gasteiger partial charge in [0, 0.05) is 18.6 Å². The molecule has 0 aromatic rings. The van der Waals surface area contributed by atoms with Crippen molar-refractivity contribution in [2.45, 2.75) is 118 Å². The van der Waals surface area contributed by atoms with Gasteiger partial charge < -0.3 is 9.47 Å². The largest absolute Gasteiger partial charge is 0.454 e. The summed E-state index contributed by atoms with van der Waals surface area (Å²) in [6, 6.07) is 0. The highest BCUT2D eigenvalue weighted by molar-refractivity contribution is 5.84. The molecule has 5 aliphatic carbocycles. The molecular formula is C34H52O3. The van der Waals surface area contributed by atoms with Gasteiger partial charge >= 0.3 is 5.97 Å². The van der Waals surface area contributed by atoms with E-state index in [1.807, 2.05) is 7.11 Å². The van der Waals surface area contributed by atoms with Gasteiger partial charge in [0.05, 0.1) is 6.10 Å². The van der Waals surface area contributed by atoms with E-state index in [1.54, 1.807) is 6.08 Å². The molecule has 0 unspecified atom stereocenters.